The maximum atomic E-state index is 11.2. The monoisotopic (exact) mass is 233 g/mol. The van der Waals surface area contributed by atoms with Gasteiger partial charge in [0.15, 0.2) is 0 Å². The summed E-state index contributed by atoms with van der Waals surface area (Å²) in [5.74, 6) is 1.63. The minimum Gasteiger partial charge on any atom is -0.389 e. The fraction of sp³-hybridized carbons (Fsp3) is 1.00. The highest BCUT2D eigenvalue weighted by Crippen LogP contribution is 2.15. The van der Waals surface area contributed by atoms with Crippen molar-refractivity contribution in [3.8, 4) is 0 Å². The van der Waals surface area contributed by atoms with Crippen molar-refractivity contribution >= 4 is 10.8 Å². The van der Waals surface area contributed by atoms with Gasteiger partial charge in [0.05, 0.1) is 5.60 Å². The Labute approximate surface area is 95.1 Å². The molecule has 0 spiro atoms. The van der Waals surface area contributed by atoms with Crippen molar-refractivity contribution in [3.05, 3.63) is 0 Å². The fourth-order valence-corrected chi connectivity index (χ4v) is 3.13. The topological polar surface area (TPSA) is 49.3 Å². The predicted octanol–water partition coefficient (Wildman–Crippen LogP) is 1.04. The predicted molar refractivity (Wildman–Crippen MR) is 64.4 cm³/mol. The number of rotatable bonds is 5. The highest BCUT2D eigenvalue weighted by molar-refractivity contribution is 7.85. The maximum Gasteiger partial charge on any atom is 0.0766 e. The van der Waals surface area contributed by atoms with Crippen molar-refractivity contribution in [2.45, 2.75) is 51.2 Å². The molecule has 15 heavy (non-hydrogen) atoms. The zero-order chi connectivity index (χ0) is 11.3. The summed E-state index contributed by atoms with van der Waals surface area (Å²) < 4.78 is 11.2. The van der Waals surface area contributed by atoms with E-state index in [0.717, 1.165) is 37.2 Å². The van der Waals surface area contributed by atoms with E-state index in [4.69, 9.17) is 0 Å². The molecule has 0 saturated carbocycles. The highest BCUT2D eigenvalue weighted by atomic mass is 32.2. The lowest BCUT2D eigenvalue weighted by Crippen LogP contribution is -2.45. The average Bonchev–Trinajstić information content (AvgIpc) is 2.28. The largest absolute Gasteiger partial charge is 0.389 e. The molecule has 1 heterocycles. The number of aliphatic hydroxyl groups is 1. The summed E-state index contributed by atoms with van der Waals surface area (Å²) in [7, 11) is -0.592. The Balaban J connectivity index is 2.27. The van der Waals surface area contributed by atoms with E-state index in [1.165, 1.54) is 0 Å². The van der Waals surface area contributed by atoms with Crippen molar-refractivity contribution in [1.29, 1.82) is 0 Å². The summed E-state index contributed by atoms with van der Waals surface area (Å²) in [4.78, 5) is 0. The Kier molecular flexibility index (Phi) is 5.23. The van der Waals surface area contributed by atoms with Crippen LogP contribution in [0.1, 0.15) is 39.5 Å². The lowest BCUT2D eigenvalue weighted by molar-refractivity contribution is 0.0296. The minimum absolute atomic E-state index is 0.451. The minimum atomic E-state index is -0.592. The smallest absolute Gasteiger partial charge is 0.0766 e. The molecule has 90 valence electrons. The van der Waals surface area contributed by atoms with Gasteiger partial charge in [-0.3, -0.25) is 4.21 Å². The van der Waals surface area contributed by atoms with Crippen molar-refractivity contribution < 1.29 is 9.32 Å². The van der Waals surface area contributed by atoms with E-state index in [2.05, 4.69) is 5.32 Å². The first-order chi connectivity index (χ1) is 7.09. The molecule has 0 aromatic carbocycles. The van der Waals surface area contributed by atoms with Crippen molar-refractivity contribution in [3.63, 3.8) is 0 Å². The van der Waals surface area contributed by atoms with Crippen LogP contribution in [0.4, 0.5) is 0 Å². The van der Waals surface area contributed by atoms with Gasteiger partial charge in [0, 0.05) is 34.9 Å². The molecule has 1 fully saturated rings. The van der Waals surface area contributed by atoms with Gasteiger partial charge in [-0.05, 0) is 25.7 Å². The van der Waals surface area contributed by atoms with Crippen LogP contribution in [0.2, 0.25) is 0 Å². The molecule has 1 saturated heterocycles. The summed E-state index contributed by atoms with van der Waals surface area (Å²) in [6.45, 7) is 4.69. The Morgan fingerprint density at radius 2 is 1.87 bits per heavy atom. The van der Waals surface area contributed by atoms with E-state index >= 15 is 0 Å². The Bertz CT molecular complexity index is 207. The molecule has 0 radical (unpaired) electrons. The van der Waals surface area contributed by atoms with Gasteiger partial charge in [0.1, 0.15) is 0 Å². The maximum absolute atomic E-state index is 11.2. The molecule has 0 bridgehead atoms. The first-order valence-electron chi connectivity index (χ1n) is 5.90. The Hall–Kier alpha value is 0.0700. The van der Waals surface area contributed by atoms with Crippen molar-refractivity contribution in [1.82, 2.24) is 5.32 Å². The van der Waals surface area contributed by atoms with Gasteiger partial charge in [0.2, 0.25) is 0 Å². The third-order valence-corrected chi connectivity index (χ3v) is 4.81. The van der Waals surface area contributed by atoms with Gasteiger partial charge in [-0.2, -0.15) is 0 Å². The van der Waals surface area contributed by atoms with E-state index in [9.17, 15) is 9.32 Å². The first kappa shape index (κ1) is 13.1. The van der Waals surface area contributed by atoms with Gasteiger partial charge >= 0.3 is 0 Å². The van der Waals surface area contributed by atoms with Crippen LogP contribution in [0.5, 0.6) is 0 Å². The molecule has 3 nitrogen and oxygen atoms in total. The molecule has 1 aliphatic heterocycles. The van der Waals surface area contributed by atoms with Crippen LogP contribution in [0.3, 0.4) is 0 Å². The summed E-state index contributed by atoms with van der Waals surface area (Å²) in [5, 5.41) is 13.5. The van der Waals surface area contributed by atoms with Gasteiger partial charge in [-0.1, -0.05) is 13.8 Å². The van der Waals surface area contributed by atoms with Gasteiger partial charge in [-0.25, -0.2) is 0 Å². The third kappa shape index (κ3) is 4.21. The summed E-state index contributed by atoms with van der Waals surface area (Å²) >= 11 is 0. The molecule has 4 heteroatoms. The van der Waals surface area contributed by atoms with Crippen LogP contribution in [-0.2, 0) is 10.8 Å². The molecule has 1 aliphatic rings. The van der Waals surface area contributed by atoms with Gasteiger partial charge in [0.25, 0.3) is 0 Å². The van der Waals surface area contributed by atoms with Crippen LogP contribution >= 0.6 is 0 Å². The second kappa shape index (κ2) is 5.97. The van der Waals surface area contributed by atoms with E-state index < -0.39 is 16.4 Å². The van der Waals surface area contributed by atoms with Gasteiger partial charge in [-0.15, -0.1) is 0 Å². The molecule has 0 aromatic heterocycles. The van der Waals surface area contributed by atoms with Crippen molar-refractivity contribution in [2.24, 2.45) is 0 Å². The zero-order valence-electron chi connectivity index (χ0n) is 9.79. The normalized spacial score (nSPS) is 27.9. The lowest BCUT2D eigenvalue weighted by atomic mass is 9.97. The summed E-state index contributed by atoms with van der Waals surface area (Å²) in [5.41, 5.74) is -0.559. The van der Waals surface area contributed by atoms with E-state index in [-0.39, 0.29) is 0 Å². The molecular formula is C11H23NO2S. The fourth-order valence-electron chi connectivity index (χ4n) is 1.83. The highest BCUT2D eigenvalue weighted by Gasteiger charge is 2.24. The van der Waals surface area contributed by atoms with E-state index in [1.807, 2.05) is 13.8 Å². The second-order valence-corrected chi connectivity index (χ2v) is 6.13. The van der Waals surface area contributed by atoms with Crippen molar-refractivity contribution in [2.75, 3.05) is 18.1 Å². The Morgan fingerprint density at radius 1 is 1.33 bits per heavy atom. The van der Waals surface area contributed by atoms with E-state index in [0.29, 0.717) is 12.6 Å². The Morgan fingerprint density at radius 3 is 2.33 bits per heavy atom. The molecule has 0 amide bonds. The zero-order valence-corrected chi connectivity index (χ0v) is 10.6. The number of hydrogen-bond donors (Lipinski definition) is 2. The number of nitrogens with one attached hydrogen (secondary N) is 1. The third-order valence-electron chi connectivity index (χ3n) is 3.42. The van der Waals surface area contributed by atoms with E-state index in [1.54, 1.807) is 0 Å². The SMILES string of the molecule is CCC(O)(CC)CNC1CCS(=O)CC1. The van der Waals surface area contributed by atoms with Gasteiger partial charge < -0.3 is 10.4 Å². The molecule has 0 atom stereocenters. The van der Waals surface area contributed by atoms with Crippen LogP contribution in [0.25, 0.3) is 0 Å². The van der Waals surface area contributed by atoms with Crippen LogP contribution in [-0.4, -0.2) is 39.0 Å². The first-order valence-corrected chi connectivity index (χ1v) is 7.39. The number of hydrogen-bond acceptors (Lipinski definition) is 3. The summed E-state index contributed by atoms with van der Waals surface area (Å²) in [6, 6.07) is 0.451. The summed E-state index contributed by atoms with van der Waals surface area (Å²) in [6.07, 6.45) is 3.54. The molecule has 0 aromatic rings. The van der Waals surface area contributed by atoms with Crippen LogP contribution < -0.4 is 5.32 Å². The molecular weight excluding hydrogens is 210 g/mol. The average molecular weight is 233 g/mol. The molecule has 0 unspecified atom stereocenters. The lowest BCUT2D eigenvalue weighted by Gasteiger charge is -2.30. The van der Waals surface area contributed by atoms with Crippen LogP contribution in [0.15, 0.2) is 0 Å². The molecule has 2 N–H and O–H groups in total. The second-order valence-electron chi connectivity index (χ2n) is 4.43. The molecule has 1 rings (SSSR count). The molecule has 0 aliphatic carbocycles. The van der Waals surface area contributed by atoms with Crippen LogP contribution in [0, 0.1) is 0 Å². The standard InChI is InChI=1S/C11H23NO2S/c1-3-11(13,4-2)9-12-10-5-7-15(14)8-6-10/h10,12-13H,3-9H2,1-2H3. The quantitative estimate of drug-likeness (QED) is 0.746.